The molecule has 0 unspecified atom stereocenters. The number of methoxy groups -OCH3 is 1. The minimum absolute atomic E-state index is 0.00435. The second-order valence-electron chi connectivity index (χ2n) is 10.2. The van der Waals surface area contributed by atoms with Crippen LogP contribution in [0.5, 0.6) is 11.5 Å². The van der Waals surface area contributed by atoms with Gasteiger partial charge < -0.3 is 19.5 Å². The lowest BCUT2D eigenvalue weighted by atomic mass is 9.99. The van der Waals surface area contributed by atoms with Crippen molar-refractivity contribution in [3.63, 3.8) is 0 Å². The molecule has 0 aliphatic carbocycles. The number of carbonyl (C=O) groups is 1. The average molecular weight is 618 g/mol. The van der Waals surface area contributed by atoms with Crippen LogP contribution in [0.3, 0.4) is 0 Å². The van der Waals surface area contributed by atoms with Crippen molar-refractivity contribution in [3.05, 3.63) is 78.4 Å². The van der Waals surface area contributed by atoms with Crippen LogP contribution in [0.4, 0.5) is 5.69 Å². The third-order valence-corrected chi connectivity index (χ3v) is 10.4. The number of aliphatic hydroxyl groups is 1. The van der Waals surface area contributed by atoms with Gasteiger partial charge in [0.15, 0.2) is 0 Å². The summed E-state index contributed by atoms with van der Waals surface area (Å²) in [5.74, 6) is -0.100. The first kappa shape index (κ1) is 31.3. The zero-order chi connectivity index (χ0) is 30.7. The van der Waals surface area contributed by atoms with Gasteiger partial charge >= 0.3 is 0 Å². The highest BCUT2D eigenvalue weighted by atomic mass is 32.2. The van der Waals surface area contributed by atoms with E-state index in [-0.39, 0.29) is 52.4 Å². The van der Waals surface area contributed by atoms with Gasteiger partial charge in [0.1, 0.15) is 17.6 Å². The molecule has 42 heavy (non-hydrogen) atoms. The van der Waals surface area contributed by atoms with Crippen LogP contribution in [0.2, 0.25) is 0 Å². The normalized spacial score (nSPS) is 18.4. The maximum atomic E-state index is 13.7. The molecule has 3 aromatic rings. The van der Waals surface area contributed by atoms with E-state index in [0.29, 0.717) is 5.75 Å². The summed E-state index contributed by atoms with van der Waals surface area (Å²) in [6.07, 6.45) is -0.671. The number of benzene rings is 3. The predicted octanol–water partition coefficient (Wildman–Crippen LogP) is 3.04. The maximum absolute atomic E-state index is 13.7. The molecular weight excluding hydrogens is 582 g/mol. The lowest BCUT2D eigenvalue weighted by molar-refractivity contribution is 0.0387. The van der Waals surface area contributed by atoms with Crippen molar-refractivity contribution in [2.45, 2.75) is 35.8 Å². The topological polar surface area (TPSA) is 143 Å². The Hall–Kier alpha value is -3.65. The van der Waals surface area contributed by atoms with E-state index in [2.05, 4.69) is 4.72 Å². The molecule has 0 fully saturated rings. The number of likely N-dealkylation sites (N-methyl/N-ethyl adjacent to an activating group) is 1. The monoisotopic (exact) mass is 617 g/mol. The number of anilines is 1. The van der Waals surface area contributed by atoms with Gasteiger partial charge in [-0.1, -0.05) is 25.1 Å². The van der Waals surface area contributed by atoms with Crippen LogP contribution in [-0.2, 0) is 20.0 Å². The van der Waals surface area contributed by atoms with Crippen LogP contribution in [0.1, 0.15) is 24.2 Å². The number of hydrogen-bond acceptors (Lipinski definition) is 8. The first-order valence-electron chi connectivity index (χ1n) is 13.3. The number of aliphatic hydroxyl groups excluding tert-OH is 1. The second-order valence-corrected chi connectivity index (χ2v) is 13.9. The number of rotatable bonds is 10. The zero-order valence-corrected chi connectivity index (χ0v) is 25.4. The lowest BCUT2D eigenvalue weighted by Crippen LogP contribution is -2.50. The van der Waals surface area contributed by atoms with E-state index in [1.807, 2.05) is 6.92 Å². The highest BCUT2D eigenvalue weighted by Gasteiger charge is 2.35. The maximum Gasteiger partial charge on any atom is 0.261 e. The van der Waals surface area contributed by atoms with Gasteiger partial charge in [0.25, 0.3) is 15.9 Å². The van der Waals surface area contributed by atoms with Crippen molar-refractivity contribution in [3.8, 4) is 11.5 Å². The molecule has 226 valence electrons. The molecule has 0 aromatic heterocycles. The number of nitrogens with one attached hydrogen (secondary N) is 1. The molecule has 3 aromatic carbocycles. The minimum Gasteiger partial charge on any atom is -0.497 e. The first-order chi connectivity index (χ1) is 19.9. The van der Waals surface area contributed by atoms with Crippen LogP contribution < -0.4 is 14.2 Å². The van der Waals surface area contributed by atoms with Gasteiger partial charge in [-0.25, -0.2) is 16.8 Å². The quantitative estimate of drug-likeness (QED) is 0.354. The molecule has 0 saturated carbocycles. The lowest BCUT2D eigenvalue weighted by Gasteiger charge is -2.38. The Morgan fingerprint density at radius 1 is 1.05 bits per heavy atom. The van der Waals surface area contributed by atoms with E-state index < -0.39 is 38.1 Å². The Balaban J connectivity index is 1.67. The minimum atomic E-state index is -4.00. The summed E-state index contributed by atoms with van der Waals surface area (Å²) >= 11 is 0. The molecule has 13 heteroatoms. The van der Waals surface area contributed by atoms with Gasteiger partial charge in [-0.15, -0.1) is 0 Å². The zero-order valence-electron chi connectivity index (χ0n) is 23.8. The molecular formula is C29H35N3O8S2. The largest absolute Gasteiger partial charge is 0.497 e. The fraction of sp³-hybridized carbons (Fsp3) is 0.345. The molecule has 1 aliphatic heterocycles. The number of carbonyl (C=O) groups excluding carboxylic acids is 1. The summed E-state index contributed by atoms with van der Waals surface area (Å²) in [7, 11) is -4.87. The molecule has 0 radical (unpaired) electrons. The molecule has 0 bridgehead atoms. The van der Waals surface area contributed by atoms with Crippen molar-refractivity contribution in [1.29, 1.82) is 0 Å². The smallest absolute Gasteiger partial charge is 0.261 e. The molecule has 1 heterocycles. The van der Waals surface area contributed by atoms with E-state index in [0.717, 1.165) is 0 Å². The molecule has 3 atom stereocenters. The third kappa shape index (κ3) is 6.70. The van der Waals surface area contributed by atoms with Crippen LogP contribution >= 0.6 is 0 Å². The number of hydrogen-bond donors (Lipinski definition) is 2. The molecule has 0 saturated heterocycles. The number of sulfonamides is 2. The second kappa shape index (κ2) is 12.7. The Morgan fingerprint density at radius 2 is 1.71 bits per heavy atom. The van der Waals surface area contributed by atoms with Crippen molar-refractivity contribution in [1.82, 2.24) is 9.21 Å². The standard InChI is InChI=1S/C29H35N3O8S2/c1-20-17-32(21(2)19-33)29(34)26-16-22(30-41(35,36)24-13-11-23(39-4)12-14-24)10-15-27(26)40-28(20)18-31(3)42(37,38)25-8-6-5-7-9-25/h5-16,20-21,28,30,33H,17-19H2,1-4H3/t20-,21+,28+/m0/s1. The average Bonchev–Trinajstić information content (AvgIpc) is 2.99. The van der Waals surface area contributed by atoms with Crippen LogP contribution in [0.25, 0.3) is 0 Å². The molecule has 1 amide bonds. The van der Waals surface area contributed by atoms with E-state index >= 15 is 0 Å². The number of amides is 1. The Bertz CT molecular complexity index is 1610. The summed E-state index contributed by atoms with van der Waals surface area (Å²) in [6, 6.07) is 17.7. The van der Waals surface area contributed by atoms with Gasteiger partial charge in [0.05, 0.1) is 41.7 Å². The molecule has 2 N–H and O–H groups in total. The van der Waals surface area contributed by atoms with Crippen LogP contribution in [-0.4, -0.2) is 83.1 Å². The molecule has 11 nitrogen and oxygen atoms in total. The Morgan fingerprint density at radius 3 is 2.33 bits per heavy atom. The van der Waals surface area contributed by atoms with Gasteiger partial charge in [-0.05, 0) is 61.5 Å². The van der Waals surface area contributed by atoms with E-state index in [1.165, 1.54) is 78.0 Å². The van der Waals surface area contributed by atoms with Crippen molar-refractivity contribution < 1.29 is 36.2 Å². The first-order valence-corrected chi connectivity index (χ1v) is 16.2. The third-order valence-electron chi connectivity index (χ3n) is 7.18. The molecule has 0 spiro atoms. The number of nitrogens with zero attached hydrogens (tertiary/aromatic N) is 2. The van der Waals surface area contributed by atoms with Crippen molar-refractivity contribution in [2.75, 3.05) is 38.6 Å². The number of fused-ring (bicyclic) bond motifs is 1. The van der Waals surface area contributed by atoms with Gasteiger partial charge in [-0.3, -0.25) is 9.52 Å². The van der Waals surface area contributed by atoms with Crippen LogP contribution in [0.15, 0.2) is 82.6 Å². The fourth-order valence-corrected chi connectivity index (χ4v) is 6.85. The fourth-order valence-electron chi connectivity index (χ4n) is 4.60. The SMILES string of the molecule is COc1ccc(S(=O)(=O)Nc2ccc3c(c2)C(=O)N([C@H](C)CO)C[C@H](C)[C@@H](CN(C)S(=O)(=O)c2ccccc2)O3)cc1. The Labute approximate surface area is 246 Å². The van der Waals surface area contributed by atoms with Gasteiger partial charge in [-0.2, -0.15) is 4.31 Å². The van der Waals surface area contributed by atoms with E-state index in [4.69, 9.17) is 9.47 Å². The summed E-state index contributed by atoms with van der Waals surface area (Å²) in [6.45, 7) is 3.40. The van der Waals surface area contributed by atoms with Crippen molar-refractivity contribution in [2.24, 2.45) is 5.92 Å². The van der Waals surface area contributed by atoms with E-state index in [9.17, 15) is 26.7 Å². The molecule has 1 aliphatic rings. The summed E-state index contributed by atoms with van der Waals surface area (Å²) in [5.41, 5.74) is 0.211. The summed E-state index contributed by atoms with van der Waals surface area (Å²) < 4.78 is 67.6. The van der Waals surface area contributed by atoms with E-state index in [1.54, 1.807) is 25.1 Å². The van der Waals surface area contributed by atoms with Crippen molar-refractivity contribution >= 4 is 31.6 Å². The highest BCUT2D eigenvalue weighted by Crippen LogP contribution is 2.32. The Kier molecular flexibility index (Phi) is 9.46. The molecule has 4 rings (SSSR count). The summed E-state index contributed by atoms with van der Waals surface area (Å²) in [4.78, 5) is 15.3. The highest BCUT2D eigenvalue weighted by molar-refractivity contribution is 7.92. The van der Waals surface area contributed by atoms with Gasteiger partial charge in [0, 0.05) is 25.2 Å². The van der Waals surface area contributed by atoms with Gasteiger partial charge in [0.2, 0.25) is 10.0 Å². The summed E-state index contributed by atoms with van der Waals surface area (Å²) in [5, 5.41) is 9.90. The predicted molar refractivity (Wildman–Crippen MR) is 158 cm³/mol. The number of ether oxygens (including phenoxy) is 2. The van der Waals surface area contributed by atoms with Crippen LogP contribution in [0, 0.1) is 5.92 Å².